The Morgan fingerprint density at radius 2 is 2.08 bits per heavy atom. The van der Waals surface area contributed by atoms with Gasteiger partial charge in [-0.2, -0.15) is 0 Å². The summed E-state index contributed by atoms with van der Waals surface area (Å²) in [6.45, 7) is -0.177. The molecule has 1 aliphatic rings. The minimum atomic E-state index is -0.991. The minimum Gasteiger partial charge on any atom is -0.393 e. The molecule has 0 heterocycles. The lowest BCUT2D eigenvalue weighted by Crippen LogP contribution is -2.34. The zero-order valence-electron chi connectivity index (χ0n) is 7.53. The highest BCUT2D eigenvalue weighted by Gasteiger charge is 2.32. The molecule has 1 atom stereocenters. The third-order valence-electron chi connectivity index (χ3n) is 2.82. The van der Waals surface area contributed by atoms with Gasteiger partial charge in [-0.25, -0.2) is 0 Å². The normalized spacial score (nSPS) is 26.9. The fourth-order valence-electron chi connectivity index (χ4n) is 2.06. The molecule has 2 nitrogen and oxygen atoms in total. The fraction of sp³-hybridized carbons (Fsp3) is 0.455. The summed E-state index contributed by atoms with van der Waals surface area (Å²) >= 11 is 0. The molecule has 13 heavy (non-hydrogen) atoms. The van der Waals surface area contributed by atoms with E-state index < -0.39 is 5.60 Å². The van der Waals surface area contributed by atoms with Crippen LogP contribution < -0.4 is 0 Å². The van der Waals surface area contributed by atoms with Crippen LogP contribution in [0.3, 0.4) is 0 Å². The molecular formula is C11H14O2. The molecule has 70 valence electrons. The van der Waals surface area contributed by atoms with Gasteiger partial charge in [0.25, 0.3) is 0 Å². The molecule has 2 heteroatoms. The number of rotatable bonds is 1. The van der Waals surface area contributed by atoms with Crippen LogP contribution in [0.5, 0.6) is 0 Å². The standard InChI is InChI=1S/C11H14O2/c12-8-11(13)7-3-5-9-4-1-2-6-10(9)11/h1-2,4,6,12-13H,3,5,7-8H2/t11-/m1/s1. The molecule has 0 aromatic heterocycles. The molecule has 1 aliphatic carbocycles. The van der Waals surface area contributed by atoms with E-state index in [1.165, 1.54) is 5.56 Å². The first kappa shape index (κ1) is 8.73. The lowest BCUT2D eigenvalue weighted by Gasteiger charge is -2.32. The second-order valence-electron chi connectivity index (χ2n) is 3.70. The van der Waals surface area contributed by atoms with Gasteiger partial charge in [-0.1, -0.05) is 24.3 Å². The van der Waals surface area contributed by atoms with Gasteiger partial charge >= 0.3 is 0 Å². The van der Waals surface area contributed by atoms with Crippen LogP contribution >= 0.6 is 0 Å². The van der Waals surface area contributed by atoms with Crippen LogP contribution in [0, 0.1) is 0 Å². The summed E-state index contributed by atoms with van der Waals surface area (Å²) in [6.07, 6.45) is 2.63. The summed E-state index contributed by atoms with van der Waals surface area (Å²) in [5, 5.41) is 19.2. The summed E-state index contributed by atoms with van der Waals surface area (Å²) in [4.78, 5) is 0. The van der Waals surface area contributed by atoms with Gasteiger partial charge in [0.2, 0.25) is 0 Å². The predicted octanol–water partition coefficient (Wildman–Crippen LogP) is 1.20. The van der Waals surface area contributed by atoms with Crippen molar-refractivity contribution in [3.8, 4) is 0 Å². The highest BCUT2D eigenvalue weighted by Crippen LogP contribution is 2.34. The highest BCUT2D eigenvalue weighted by molar-refractivity contribution is 5.34. The van der Waals surface area contributed by atoms with Gasteiger partial charge < -0.3 is 10.2 Å². The van der Waals surface area contributed by atoms with Crippen molar-refractivity contribution in [3.05, 3.63) is 35.4 Å². The number of aliphatic hydroxyl groups is 2. The number of hydrogen-bond acceptors (Lipinski definition) is 2. The van der Waals surface area contributed by atoms with Crippen molar-refractivity contribution in [2.75, 3.05) is 6.61 Å². The van der Waals surface area contributed by atoms with Gasteiger partial charge in [0, 0.05) is 0 Å². The molecule has 0 saturated carbocycles. The molecule has 2 rings (SSSR count). The van der Waals surface area contributed by atoms with E-state index in [-0.39, 0.29) is 6.61 Å². The third-order valence-corrected chi connectivity index (χ3v) is 2.82. The van der Waals surface area contributed by atoms with Gasteiger partial charge in [-0.3, -0.25) is 0 Å². The number of hydrogen-bond donors (Lipinski definition) is 2. The van der Waals surface area contributed by atoms with Crippen molar-refractivity contribution in [3.63, 3.8) is 0 Å². The molecule has 0 radical (unpaired) electrons. The first-order valence-corrected chi connectivity index (χ1v) is 4.68. The molecule has 0 unspecified atom stereocenters. The molecule has 1 aromatic carbocycles. The van der Waals surface area contributed by atoms with Crippen LogP contribution in [0.1, 0.15) is 24.0 Å². The fourth-order valence-corrected chi connectivity index (χ4v) is 2.06. The Kier molecular flexibility index (Phi) is 2.10. The topological polar surface area (TPSA) is 40.5 Å². The van der Waals surface area contributed by atoms with Crippen LogP contribution in [0.25, 0.3) is 0 Å². The maximum absolute atomic E-state index is 10.1. The van der Waals surface area contributed by atoms with Gasteiger partial charge in [0.1, 0.15) is 5.60 Å². The maximum Gasteiger partial charge on any atom is 0.113 e. The SMILES string of the molecule is OC[C@]1(O)CCCc2ccccc21. The highest BCUT2D eigenvalue weighted by atomic mass is 16.3. The predicted molar refractivity (Wildman–Crippen MR) is 50.4 cm³/mol. The van der Waals surface area contributed by atoms with E-state index in [1.807, 2.05) is 24.3 Å². The lowest BCUT2D eigenvalue weighted by molar-refractivity contribution is -0.0327. The first-order chi connectivity index (χ1) is 6.26. The summed E-state index contributed by atoms with van der Waals surface area (Å²) in [6, 6.07) is 7.81. The van der Waals surface area contributed by atoms with Crippen molar-refractivity contribution in [1.29, 1.82) is 0 Å². The lowest BCUT2D eigenvalue weighted by atomic mass is 9.80. The van der Waals surface area contributed by atoms with Gasteiger partial charge in [0.15, 0.2) is 0 Å². The Bertz CT molecular complexity index is 309. The average Bonchev–Trinajstić information content (AvgIpc) is 2.19. The third kappa shape index (κ3) is 1.36. The Labute approximate surface area is 77.8 Å². The van der Waals surface area contributed by atoms with Crippen molar-refractivity contribution in [2.24, 2.45) is 0 Å². The quantitative estimate of drug-likeness (QED) is 0.678. The van der Waals surface area contributed by atoms with E-state index in [9.17, 15) is 5.11 Å². The van der Waals surface area contributed by atoms with Crippen molar-refractivity contribution in [2.45, 2.75) is 24.9 Å². The second-order valence-corrected chi connectivity index (χ2v) is 3.70. The zero-order valence-corrected chi connectivity index (χ0v) is 7.53. The van der Waals surface area contributed by atoms with E-state index in [2.05, 4.69) is 0 Å². The summed E-state index contributed by atoms with van der Waals surface area (Å²) in [5.41, 5.74) is 1.09. The second kappa shape index (κ2) is 3.13. The van der Waals surface area contributed by atoms with Crippen LogP contribution in [0.4, 0.5) is 0 Å². The van der Waals surface area contributed by atoms with Gasteiger partial charge in [-0.05, 0) is 30.4 Å². The molecule has 0 bridgehead atoms. The van der Waals surface area contributed by atoms with E-state index in [4.69, 9.17) is 5.11 Å². The summed E-state index contributed by atoms with van der Waals surface area (Å²) < 4.78 is 0. The van der Waals surface area contributed by atoms with E-state index in [1.54, 1.807) is 0 Å². The monoisotopic (exact) mass is 178 g/mol. The Morgan fingerprint density at radius 3 is 2.85 bits per heavy atom. The number of fused-ring (bicyclic) bond motifs is 1. The Hall–Kier alpha value is -0.860. The van der Waals surface area contributed by atoms with Crippen LogP contribution in [0.15, 0.2) is 24.3 Å². The largest absolute Gasteiger partial charge is 0.393 e. The molecule has 0 amide bonds. The number of aliphatic hydroxyl groups excluding tert-OH is 1. The molecule has 0 fully saturated rings. The maximum atomic E-state index is 10.1. The van der Waals surface area contributed by atoms with E-state index in [0.717, 1.165) is 18.4 Å². The van der Waals surface area contributed by atoms with Crippen LogP contribution in [-0.2, 0) is 12.0 Å². The van der Waals surface area contributed by atoms with E-state index in [0.29, 0.717) is 6.42 Å². The molecule has 2 N–H and O–H groups in total. The zero-order chi connectivity index (χ0) is 9.31. The van der Waals surface area contributed by atoms with Crippen LogP contribution in [-0.4, -0.2) is 16.8 Å². The Balaban J connectivity index is 2.48. The number of aryl methyl sites for hydroxylation is 1. The number of benzene rings is 1. The Morgan fingerprint density at radius 1 is 1.31 bits per heavy atom. The molecule has 0 spiro atoms. The van der Waals surface area contributed by atoms with Crippen molar-refractivity contribution >= 4 is 0 Å². The van der Waals surface area contributed by atoms with E-state index >= 15 is 0 Å². The van der Waals surface area contributed by atoms with Crippen molar-refractivity contribution in [1.82, 2.24) is 0 Å². The average molecular weight is 178 g/mol. The molecular weight excluding hydrogens is 164 g/mol. The molecule has 0 saturated heterocycles. The minimum absolute atomic E-state index is 0.177. The molecule has 1 aromatic rings. The van der Waals surface area contributed by atoms with Crippen LogP contribution in [0.2, 0.25) is 0 Å². The first-order valence-electron chi connectivity index (χ1n) is 4.68. The summed E-state index contributed by atoms with van der Waals surface area (Å²) in [7, 11) is 0. The molecule has 0 aliphatic heterocycles. The summed E-state index contributed by atoms with van der Waals surface area (Å²) in [5.74, 6) is 0. The van der Waals surface area contributed by atoms with Gasteiger partial charge in [0.05, 0.1) is 6.61 Å². The smallest absolute Gasteiger partial charge is 0.113 e. The van der Waals surface area contributed by atoms with Crippen molar-refractivity contribution < 1.29 is 10.2 Å². The van der Waals surface area contributed by atoms with Gasteiger partial charge in [-0.15, -0.1) is 0 Å².